The van der Waals surface area contributed by atoms with Crippen LogP contribution in [0.2, 0.25) is 0 Å². The normalized spacial score (nSPS) is 9.88. The van der Waals surface area contributed by atoms with Gasteiger partial charge in [0, 0.05) is 34.5 Å². The number of carbonyl (C=O) groups excluding carboxylic acids is 11. The van der Waals surface area contributed by atoms with Crippen LogP contribution in [0.25, 0.3) is 0 Å². The molecule has 11 rings (SSSR count). The zero-order valence-corrected chi connectivity index (χ0v) is 79.2. The first-order chi connectivity index (χ1) is 64.9. The maximum Gasteiger partial charge on any atom is 0.374 e. The highest BCUT2D eigenvalue weighted by atomic mass is 16.6. The summed E-state index contributed by atoms with van der Waals surface area (Å²) in [6, 6.07) is 35.4. The molecule has 11 aromatic heterocycles. The van der Waals surface area contributed by atoms with Crippen molar-refractivity contribution in [3.05, 3.63) is 260 Å². The van der Waals surface area contributed by atoms with Gasteiger partial charge < -0.3 is 140 Å². The summed E-state index contributed by atoms with van der Waals surface area (Å²) in [6.07, 6.45) is 2.40. The van der Waals surface area contributed by atoms with Crippen LogP contribution in [0.15, 0.2) is 182 Å². The van der Waals surface area contributed by atoms with E-state index in [0.29, 0.717) is 150 Å². The molecular formula is C94H122O41. The minimum absolute atomic E-state index is 0.108. The Bertz CT molecular complexity index is 5100. The van der Waals surface area contributed by atoms with Gasteiger partial charge in [0.2, 0.25) is 63.4 Å². The molecule has 0 saturated carbocycles. The first kappa shape index (κ1) is 119. The molecule has 11 heterocycles. The average Bonchev–Trinajstić information content (AvgIpc) is 1.75. The molecule has 11 aromatic rings. The fraction of sp³-hybridized carbons (Fsp3) is 0.415. The highest BCUT2D eigenvalue weighted by molar-refractivity contribution is 5.90. The maximum atomic E-state index is 11.3. The van der Waals surface area contributed by atoms with Crippen molar-refractivity contribution >= 4 is 65.7 Å². The van der Waals surface area contributed by atoms with Gasteiger partial charge in [0.05, 0.1) is 74.7 Å². The molecule has 0 aliphatic carbocycles. The lowest BCUT2D eigenvalue weighted by Crippen LogP contribution is -2.04. The fourth-order valence-electron chi connectivity index (χ4n) is 9.02. The third-order valence-electron chi connectivity index (χ3n) is 15.1. The monoisotopic (exact) mass is 1910 g/mol. The van der Waals surface area contributed by atoms with Crippen molar-refractivity contribution in [3.8, 4) is 0 Å². The van der Waals surface area contributed by atoms with Crippen LogP contribution in [0.1, 0.15) is 261 Å². The Hall–Kier alpha value is -14.1. The number of aliphatic hydroxyl groups excluding tert-OH is 3. The van der Waals surface area contributed by atoms with Crippen molar-refractivity contribution in [2.75, 3.05) is 109 Å². The summed E-state index contributed by atoms with van der Waals surface area (Å²) in [7, 11) is 9.89. The molecule has 0 aliphatic rings. The third kappa shape index (κ3) is 49.3. The molecule has 0 radical (unpaired) electrons. The van der Waals surface area contributed by atoms with E-state index in [1.807, 2.05) is 34.6 Å². The summed E-state index contributed by atoms with van der Waals surface area (Å²) < 4.78 is 131. The van der Waals surface area contributed by atoms with Gasteiger partial charge in [-0.15, -0.1) is 0 Å². The average molecular weight is 1910 g/mol. The topological polar surface area (TPSA) is 541 Å². The van der Waals surface area contributed by atoms with E-state index in [2.05, 4.69) is 23.7 Å². The van der Waals surface area contributed by atoms with Crippen molar-refractivity contribution in [3.63, 3.8) is 0 Å². The van der Waals surface area contributed by atoms with Crippen LogP contribution in [0.3, 0.4) is 0 Å². The van der Waals surface area contributed by atoms with Gasteiger partial charge >= 0.3 is 65.7 Å². The van der Waals surface area contributed by atoms with Gasteiger partial charge in [-0.3, -0.25) is 0 Å². The summed E-state index contributed by atoms with van der Waals surface area (Å²) in [5.74, 6) is 3.58. The molecule has 0 aliphatic heterocycles. The van der Waals surface area contributed by atoms with Crippen LogP contribution in [-0.2, 0) is 129 Å². The summed E-state index contributed by atoms with van der Waals surface area (Å²) in [5, 5.41) is 25.8. The van der Waals surface area contributed by atoms with E-state index in [0.717, 1.165) is 25.0 Å². The quantitative estimate of drug-likeness (QED) is 0.0242. The Morgan fingerprint density at radius 2 is 0.385 bits per heavy atom. The lowest BCUT2D eigenvalue weighted by molar-refractivity contribution is 0.0455. The second-order valence-electron chi connectivity index (χ2n) is 25.7. The number of rotatable bonds is 36. The molecule has 0 fully saturated rings. The Kier molecular flexibility index (Phi) is 63.1. The van der Waals surface area contributed by atoms with Gasteiger partial charge in [-0.05, 0) is 215 Å². The minimum Gasteiger partial charge on any atom is -0.463 e. The van der Waals surface area contributed by atoms with Crippen LogP contribution >= 0.6 is 0 Å². The second-order valence-corrected chi connectivity index (χ2v) is 25.7. The molecule has 41 heteroatoms. The van der Waals surface area contributed by atoms with Gasteiger partial charge in [0.15, 0.2) is 0 Å². The van der Waals surface area contributed by atoms with Gasteiger partial charge in [-0.25, -0.2) is 52.7 Å². The predicted octanol–water partition coefficient (Wildman–Crippen LogP) is 16.5. The maximum absolute atomic E-state index is 11.3. The van der Waals surface area contributed by atoms with E-state index in [1.54, 1.807) is 173 Å². The van der Waals surface area contributed by atoms with Crippen molar-refractivity contribution in [2.24, 2.45) is 0 Å². The molecule has 0 bridgehead atoms. The highest BCUT2D eigenvalue weighted by Gasteiger charge is 2.20. The van der Waals surface area contributed by atoms with E-state index in [4.69, 9.17) is 116 Å². The van der Waals surface area contributed by atoms with Crippen molar-refractivity contribution in [1.29, 1.82) is 0 Å². The summed E-state index contributed by atoms with van der Waals surface area (Å²) in [6.45, 7) is 27.0. The largest absolute Gasteiger partial charge is 0.463 e. The Morgan fingerprint density at radius 3 is 0.548 bits per heavy atom. The molecule has 0 saturated heterocycles. The van der Waals surface area contributed by atoms with Crippen LogP contribution in [0, 0.1) is 20.8 Å². The van der Waals surface area contributed by atoms with Gasteiger partial charge in [0.1, 0.15) is 116 Å². The number of methoxy groups -OCH3 is 7. The van der Waals surface area contributed by atoms with E-state index in [-0.39, 0.29) is 89.2 Å². The van der Waals surface area contributed by atoms with Crippen LogP contribution in [0.5, 0.6) is 0 Å². The first-order valence-corrected chi connectivity index (χ1v) is 41.8. The van der Waals surface area contributed by atoms with E-state index in [1.165, 1.54) is 58.8 Å². The highest BCUT2D eigenvalue weighted by Crippen LogP contribution is 2.18. The van der Waals surface area contributed by atoms with Crippen molar-refractivity contribution < 1.29 is 192 Å². The summed E-state index contributed by atoms with van der Waals surface area (Å²) >= 11 is 0. The van der Waals surface area contributed by atoms with E-state index in [9.17, 15) is 52.7 Å². The molecule has 0 atom stereocenters. The van der Waals surface area contributed by atoms with Gasteiger partial charge in [-0.2, -0.15) is 0 Å². The van der Waals surface area contributed by atoms with Crippen LogP contribution in [-0.4, -0.2) is 190 Å². The molecule has 744 valence electrons. The number of aliphatic hydroxyl groups is 3. The van der Waals surface area contributed by atoms with E-state index < -0.39 is 59.7 Å². The molecule has 0 spiro atoms. The van der Waals surface area contributed by atoms with Gasteiger partial charge in [-0.1, -0.05) is 20.8 Å². The second kappa shape index (κ2) is 71.6. The predicted molar refractivity (Wildman–Crippen MR) is 471 cm³/mol. The number of hydrogen-bond acceptors (Lipinski definition) is 41. The number of aryl methyl sites for hydroxylation is 3. The molecule has 135 heavy (non-hydrogen) atoms. The Morgan fingerprint density at radius 1 is 0.215 bits per heavy atom. The number of ether oxygens (including phenoxy) is 16. The Labute approximate surface area is 779 Å². The molecule has 3 N–H and O–H groups in total. The molecule has 0 amide bonds. The SMILES string of the molecule is CCCOC(=O)c1ccc(C)o1.CCCOC(=O)c1ccc(CO)o1.CCCOC(=O)c1ccc(COC)o1.CCOC(=O)c1ccc(C)o1.CCOC(=O)c1ccc(CO)o1.CCOC(=O)c1ccc(COC)o1.CCOCc1ccc(C(=O)OC)o1.CCOCc1ccc(C(=O)OCC)o1.COC(=O)c1ccc(C)o1.COC(=O)c1ccc(CO)o1.COCc1ccc(C(=O)OC)o1. The molecule has 0 aromatic carbocycles. The lowest BCUT2D eigenvalue weighted by atomic mass is 10.4. The summed E-state index contributed by atoms with van der Waals surface area (Å²) in [4.78, 5) is 121. The zero-order valence-electron chi connectivity index (χ0n) is 79.2. The number of hydrogen-bond donors (Lipinski definition) is 3. The zero-order chi connectivity index (χ0) is 101. The number of furan rings is 11. The molecule has 41 nitrogen and oxygen atoms in total. The summed E-state index contributed by atoms with van der Waals surface area (Å²) in [5.41, 5.74) is 0. The minimum atomic E-state index is -0.537. The number of carbonyl (C=O) groups is 11. The van der Waals surface area contributed by atoms with Crippen LogP contribution < -0.4 is 0 Å². The number of esters is 11. The van der Waals surface area contributed by atoms with Gasteiger partial charge in [0.25, 0.3) is 0 Å². The Balaban J connectivity index is 0.000000743. The van der Waals surface area contributed by atoms with E-state index >= 15 is 0 Å². The lowest BCUT2D eigenvalue weighted by Gasteiger charge is -1.99. The van der Waals surface area contributed by atoms with Crippen LogP contribution in [0.4, 0.5) is 0 Å². The molecular weight excluding hydrogens is 1780 g/mol. The smallest absolute Gasteiger partial charge is 0.374 e. The standard InChI is InChI=1S/2C10H14O4.3C9H12O4.C9H12O3.2C8H10O4.C8H10O3.C7H8O4.C7H8O3/c1-3-6-13-10(11)9-5-4-8(14-9)7-12-2;1-3-12-7-8-5-6-9(14-8)10(11)13-4-2;1-3-12-6-7-4-5-8(13-7)9(10)11-2;1-3-12-9(10)8-5-4-7(13-8)6-11-2;1-2-5-12-9(11)8-4-3-7(6-10)13-8;1-3-6-11-9(10)8-5-4-7(2)12-8;1-10-5-6-3-4-7(12-6)8(9)11-2;1-2-11-8(10)7-4-3-6(5-9)12-7;1-3-10-8(9)7-5-4-6(2)11-7;1-10-7(9)6-3-2-5(4-8)11-6;1-5-3-4-6(10-5)7(8)9-2/h4-5H,3,6-7H2,1-2H3;5-6H,3-4,7H2,1-2H3;2*4-5H,3,6H2,1-2H3;3-4,10H,2,5-6H2,1H3;4-5H,3,6H2,1-2H3;3-4H,5H2,1-2H3;3-4,9H,2,5H2,1H3;4-5H,3H2,1-2H3;2-3,8H,4H2,1H3;3-4H,1-2H3. The fourth-order valence-corrected chi connectivity index (χ4v) is 9.02. The van der Waals surface area contributed by atoms with Crippen molar-refractivity contribution in [1.82, 2.24) is 0 Å². The first-order valence-electron chi connectivity index (χ1n) is 41.8. The van der Waals surface area contributed by atoms with Crippen molar-refractivity contribution in [2.45, 2.75) is 155 Å². The molecule has 0 unspecified atom stereocenters. The third-order valence-corrected chi connectivity index (χ3v) is 15.1.